The van der Waals surface area contributed by atoms with Crippen LogP contribution in [0.2, 0.25) is 0 Å². The Hall–Kier alpha value is -2.15. The van der Waals surface area contributed by atoms with Gasteiger partial charge in [-0.05, 0) is 25.1 Å². The SMILES string of the molecule is CC(C)CNC(=O)NC(=O)CN(C)CCOc1ccccc1F. The number of halogens is 1. The number of likely N-dealkylation sites (N-methyl/N-ethyl adjacent to an activating group) is 1. The van der Waals surface area contributed by atoms with Gasteiger partial charge in [-0.2, -0.15) is 0 Å². The van der Waals surface area contributed by atoms with Crippen LogP contribution in [0.15, 0.2) is 24.3 Å². The Morgan fingerprint density at radius 1 is 1.30 bits per heavy atom. The van der Waals surface area contributed by atoms with Gasteiger partial charge in [0.1, 0.15) is 6.61 Å². The molecule has 6 nitrogen and oxygen atoms in total. The standard InChI is InChI=1S/C16H24FN3O3/c1-12(2)10-18-16(22)19-15(21)11-20(3)8-9-23-14-7-5-4-6-13(14)17/h4-7,12H,8-11H2,1-3H3,(H2,18,19,21,22). The molecule has 1 aromatic carbocycles. The summed E-state index contributed by atoms with van der Waals surface area (Å²) < 4.78 is 18.7. The summed E-state index contributed by atoms with van der Waals surface area (Å²) in [4.78, 5) is 24.8. The van der Waals surface area contributed by atoms with Gasteiger partial charge in [0.05, 0.1) is 6.54 Å². The summed E-state index contributed by atoms with van der Waals surface area (Å²) >= 11 is 0. The first-order chi connectivity index (χ1) is 10.9. The predicted octanol–water partition coefficient (Wildman–Crippen LogP) is 1.62. The maximum atomic E-state index is 13.3. The number of nitrogens with one attached hydrogen (secondary N) is 2. The molecule has 0 saturated carbocycles. The van der Waals surface area contributed by atoms with E-state index in [-0.39, 0.29) is 18.9 Å². The molecule has 1 rings (SSSR count). The summed E-state index contributed by atoms with van der Waals surface area (Å²) in [6.45, 7) is 5.15. The van der Waals surface area contributed by atoms with E-state index < -0.39 is 17.8 Å². The van der Waals surface area contributed by atoms with Crippen LogP contribution in [0, 0.1) is 11.7 Å². The molecular formula is C16H24FN3O3. The second-order valence-electron chi connectivity index (χ2n) is 5.67. The fourth-order valence-corrected chi connectivity index (χ4v) is 1.70. The van der Waals surface area contributed by atoms with Crippen LogP contribution in [0.5, 0.6) is 5.75 Å². The van der Waals surface area contributed by atoms with Crippen molar-refractivity contribution in [2.75, 3.05) is 33.3 Å². The lowest BCUT2D eigenvalue weighted by atomic mass is 10.2. The smallest absolute Gasteiger partial charge is 0.321 e. The number of nitrogens with zero attached hydrogens (tertiary/aromatic N) is 1. The summed E-state index contributed by atoms with van der Waals surface area (Å²) in [5.41, 5.74) is 0. The lowest BCUT2D eigenvalue weighted by Gasteiger charge is -2.16. The topological polar surface area (TPSA) is 70.7 Å². The summed E-state index contributed by atoms with van der Waals surface area (Å²) in [6.07, 6.45) is 0. The Morgan fingerprint density at radius 2 is 2.00 bits per heavy atom. The van der Waals surface area contributed by atoms with E-state index in [1.165, 1.54) is 6.07 Å². The van der Waals surface area contributed by atoms with Crippen molar-refractivity contribution in [2.24, 2.45) is 5.92 Å². The number of carbonyl (C=O) groups is 2. The predicted molar refractivity (Wildman–Crippen MR) is 85.8 cm³/mol. The Bertz CT molecular complexity index is 523. The van der Waals surface area contributed by atoms with Gasteiger partial charge in [0.25, 0.3) is 0 Å². The van der Waals surface area contributed by atoms with E-state index in [1.807, 2.05) is 13.8 Å². The normalized spacial score (nSPS) is 10.7. The summed E-state index contributed by atoms with van der Waals surface area (Å²) in [5.74, 6) is -0.332. The van der Waals surface area contributed by atoms with Gasteiger partial charge in [0, 0.05) is 13.1 Å². The van der Waals surface area contributed by atoms with E-state index in [0.717, 1.165) is 0 Å². The van der Waals surface area contributed by atoms with Crippen molar-refractivity contribution in [3.63, 3.8) is 0 Å². The molecular weight excluding hydrogens is 301 g/mol. The Morgan fingerprint density at radius 3 is 2.65 bits per heavy atom. The van der Waals surface area contributed by atoms with Gasteiger partial charge in [0.2, 0.25) is 5.91 Å². The Labute approximate surface area is 136 Å². The quantitative estimate of drug-likeness (QED) is 0.762. The fraction of sp³-hybridized carbons (Fsp3) is 0.500. The van der Waals surface area contributed by atoms with Crippen LogP contribution in [0.25, 0.3) is 0 Å². The zero-order chi connectivity index (χ0) is 17.2. The molecule has 0 aliphatic heterocycles. The minimum Gasteiger partial charge on any atom is -0.489 e. The molecule has 3 amide bonds. The van der Waals surface area contributed by atoms with E-state index in [4.69, 9.17) is 4.74 Å². The third-order valence-electron chi connectivity index (χ3n) is 2.90. The van der Waals surface area contributed by atoms with Crippen LogP contribution in [0.1, 0.15) is 13.8 Å². The third kappa shape index (κ3) is 8.15. The molecule has 2 N–H and O–H groups in total. The van der Waals surface area contributed by atoms with Crippen molar-refractivity contribution in [1.29, 1.82) is 0 Å². The minimum atomic E-state index is -0.500. The number of para-hydroxylation sites is 1. The molecule has 128 valence electrons. The molecule has 0 radical (unpaired) electrons. The Balaban J connectivity index is 2.22. The van der Waals surface area contributed by atoms with Crippen LogP contribution in [-0.4, -0.2) is 50.1 Å². The van der Waals surface area contributed by atoms with Crippen molar-refractivity contribution in [1.82, 2.24) is 15.5 Å². The highest BCUT2D eigenvalue weighted by molar-refractivity contribution is 5.95. The van der Waals surface area contributed by atoms with Crippen molar-refractivity contribution >= 4 is 11.9 Å². The number of hydrogen-bond donors (Lipinski definition) is 2. The highest BCUT2D eigenvalue weighted by atomic mass is 19.1. The largest absolute Gasteiger partial charge is 0.489 e. The minimum absolute atomic E-state index is 0.0513. The number of rotatable bonds is 8. The second kappa shape index (κ2) is 9.78. The average Bonchev–Trinajstić information content (AvgIpc) is 2.47. The summed E-state index contributed by atoms with van der Waals surface area (Å²) in [6, 6.07) is 5.64. The summed E-state index contributed by atoms with van der Waals surface area (Å²) in [5, 5.41) is 4.85. The zero-order valence-electron chi connectivity index (χ0n) is 13.8. The van der Waals surface area contributed by atoms with Crippen molar-refractivity contribution in [3.8, 4) is 5.75 Å². The second-order valence-corrected chi connectivity index (χ2v) is 5.67. The van der Waals surface area contributed by atoms with Crippen LogP contribution >= 0.6 is 0 Å². The maximum absolute atomic E-state index is 13.3. The molecule has 0 bridgehead atoms. The first-order valence-corrected chi connectivity index (χ1v) is 7.52. The van der Waals surface area contributed by atoms with E-state index in [1.54, 1.807) is 30.1 Å². The number of imide groups is 1. The van der Waals surface area contributed by atoms with E-state index in [9.17, 15) is 14.0 Å². The molecule has 0 aliphatic rings. The first kappa shape index (κ1) is 18.9. The van der Waals surface area contributed by atoms with Crippen LogP contribution in [-0.2, 0) is 4.79 Å². The van der Waals surface area contributed by atoms with Crippen LogP contribution in [0.4, 0.5) is 9.18 Å². The number of benzene rings is 1. The molecule has 0 aromatic heterocycles. The molecule has 0 saturated heterocycles. The number of carbonyl (C=O) groups excluding carboxylic acids is 2. The first-order valence-electron chi connectivity index (χ1n) is 7.52. The Kier molecular flexibility index (Phi) is 8.04. The highest BCUT2D eigenvalue weighted by Gasteiger charge is 2.11. The fourth-order valence-electron chi connectivity index (χ4n) is 1.70. The molecule has 0 spiro atoms. The van der Waals surface area contributed by atoms with Gasteiger partial charge in [-0.3, -0.25) is 15.0 Å². The lowest BCUT2D eigenvalue weighted by Crippen LogP contribution is -2.45. The molecule has 0 unspecified atom stereocenters. The van der Waals surface area contributed by atoms with Gasteiger partial charge in [0.15, 0.2) is 11.6 Å². The molecule has 7 heteroatoms. The van der Waals surface area contributed by atoms with E-state index in [0.29, 0.717) is 19.0 Å². The average molecular weight is 325 g/mol. The molecule has 0 aliphatic carbocycles. The zero-order valence-corrected chi connectivity index (χ0v) is 13.8. The number of amides is 3. The number of hydrogen-bond acceptors (Lipinski definition) is 4. The van der Waals surface area contributed by atoms with Crippen molar-refractivity contribution in [3.05, 3.63) is 30.1 Å². The number of urea groups is 1. The van der Waals surface area contributed by atoms with Crippen LogP contribution < -0.4 is 15.4 Å². The van der Waals surface area contributed by atoms with E-state index in [2.05, 4.69) is 10.6 Å². The van der Waals surface area contributed by atoms with Crippen molar-refractivity contribution < 1.29 is 18.7 Å². The monoisotopic (exact) mass is 325 g/mol. The molecule has 0 fully saturated rings. The van der Waals surface area contributed by atoms with Gasteiger partial charge in [-0.1, -0.05) is 26.0 Å². The van der Waals surface area contributed by atoms with Gasteiger partial charge in [-0.25, -0.2) is 9.18 Å². The van der Waals surface area contributed by atoms with Gasteiger partial charge in [-0.15, -0.1) is 0 Å². The molecule has 23 heavy (non-hydrogen) atoms. The molecule has 0 heterocycles. The lowest BCUT2D eigenvalue weighted by molar-refractivity contribution is -0.120. The third-order valence-corrected chi connectivity index (χ3v) is 2.90. The highest BCUT2D eigenvalue weighted by Crippen LogP contribution is 2.14. The molecule has 1 aromatic rings. The van der Waals surface area contributed by atoms with Gasteiger partial charge >= 0.3 is 6.03 Å². The van der Waals surface area contributed by atoms with Crippen LogP contribution in [0.3, 0.4) is 0 Å². The van der Waals surface area contributed by atoms with E-state index >= 15 is 0 Å². The maximum Gasteiger partial charge on any atom is 0.321 e. The van der Waals surface area contributed by atoms with Crippen molar-refractivity contribution in [2.45, 2.75) is 13.8 Å². The molecule has 0 atom stereocenters. The summed E-state index contributed by atoms with van der Waals surface area (Å²) in [7, 11) is 1.72. The number of ether oxygens (including phenoxy) is 1. The van der Waals surface area contributed by atoms with Gasteiger partial charge < -0.3 is 10.1 Å².